The number of hydrogen-bond donors (Lipinski definition) is 3. The number of carboxylic acid groups (broad SMARTS) is 2. The largest absolute Gasteiger partial charge is 0.478 e. The van der Waals surface area contributed by atoms with Crippen LogP contribution in [0.1, 0.15) is 57.9 Å². The van der Waals surface area contributed by atoms with Crippen LogP contribution in [0.2, 0.25) is 10.0 Å². The predicted octanol–water partition coefficient (Wildman–Crippen LogP) is 5.28. The summed E-state index contributed by atoms with van der Waals surface area (Å²) in [6, 6.07) is 6.26. The van der Waals surface area contributed by atoms with Crippen molar-refractivity contribution in [2.24, 2.45) is 11.7 Å². The Bertz CT molecular complexity index is 682. The zero-order valence-electron chi connectivity index (χ0n) is 16.3. The fourth-order valence-corrected chi connectivity index (χ4v) is 3.88. The van der Waals surface area contributed by atoms with Gasteiger partial charge in [-0.05, 0) is 42.9 Å². The van der Waals surface area contributed by atoms with Crippen LogP contribution >= 0.6 is 23.2 Å². The molecule has 0 amide bonds. The van der Waals surface area contributed by atoms with Gasteiger partial charge in [-0.25, -0.2) is 9.59 Å². The molecule has 7 heteroatoms. The highest BCUT2D eigenvalue weighted by Gasteiger charge is 2.44. The summed E-state index contributed by atoms with van der Waals surface area (Å²) in [4.78, 5) is 19.1. The molecule has 2 rings (SSSR count). The van der Waals surface area contributed by atoms with Gasteiger partial charge in [0, 0.05) is 23.6 Å². The van der Waals surface area contributed by atoms with Crippen molar-refractivity contribution >= 4 is 35.1 Å². The highest BCUT2D eigenvalue weighted by Crippen LogP contribution is 2.48. The number of hydrogen-bond acceptors (Lipinski definition) is 3. The van der Waals surface area contributed by atoms with Gasteiger partial charge in [-0.1, -0.05) is 62.4 Å². The van der Waals surface area contributed by atoms with Gasteiger partial charge in [-0.3, -0.25) is 0 Å². The van der Waals surface area contributed by atoms with Gasteiger partial charge in [0.15, 0.2) is 0 Å². The third kappa shape index (κ3) is 6.80. The van der Waals surface area contributed by atoms with Gasteiger partial charge >= 0.3 is 11.9 Å². The highest BCUT2D eigenvalue weighted by molar-refractivity contribution is 6.42. The average Bonchev–Trinajstić information content (AvgIpc) is 2.60. The molecule has 0 bridgehead atoms. The van der Waals surface area contributed by atoms with E-state index in [0.717, 1.165) is 12.3 Å². The second-order valence-corrected chi connectivity index (χ2v) is 7.99. The van der Waals surface area contributed by atoms with Crippen molar-refractivity contribution in [3.05, 3.63) is 46.0 Å². The van der Waals surface area contributed by atoms with Crippen LogP contribution in [0, 0.1) is 5.92 Å². The Morgan fingerprint density at radius 3 is 2.00 bits per heavy atom. The van der Waals surface area contributed by atoms with Crippen molar-refractivity contribution in [2.45, 2.75) is 63.8 Å². The van der Waals surface area contributed by atoms with E-state index in [1.807, 2.05) is 12.1 Å². The molecule has 0 heterocycles. The Labute approximate surface area is 176 Å². The van der Waals surface area contributed by atoms with E-state index in [-0.39, 0.29) is 11.5 Å². The third-order valence-electron chi connectivity index (χ3n) is 5.56. The number of benzene rings is 1. The van der Waals surface area contributed by atoms with E-state index in [4.69, 9.17) is 39.1 Å². The number of carbonyl (C=O) groups is 2. The molecule has 0 spiro atoms. The molecule has 0 radical (unpaired) electrons. The zero-order valence-corrected chi connectivity index (χ0v) is 17.8. The molecule has 1 aromatic rings. The molecule has 28 heavy (non-hydrogen) atoms. The summed E-state index contributed by atoms with van der Waals surface area (Å²) in [6.45, 7) is 4.51. The van der Waals surface area contributed by atoms with Crippen molar-refractivity contribution in [2.75, 3.05) is 0 Å². The maximum atomic E-state index is 9.55. The smallest absolute Gasteiger partial charge is 0.328 e. The molecule has 1 unspecified atom stereocenters. The van der Waals surface area contributed by atoms with Crippen LogP contribution in [0.15, 0.2) is 30.4 Å². The minimum absolute atomic E-state index is 0.122. The molecule has 4 N–H and O–H groups in total. The molecule has 5 nitrogen and oxygen atoms in total. The number of nitrogens with two attached hydrogens (primary N) is 1. The predicted molar refractivity (Wildman–Crippen MR) is 113 cm³/mol. The first kappa shape index (κ1) is 24.5. The number of carboxylic acids is 2. The van der Waals surface area contributed by atoms with E-state index in [1.165, 1.54) is 37.7 Å². The first-order valence-corrected chi connectivity index (χ1v) is 10.3. The molecule has 1 atom stereocenters. The first-order valence-electron chi connectivity index (χ1n) is 9.51. The van der Waals surface area contributed by atoms with Crippen molar-refractivity contribution in [1.82, 2.24) is 0 Å². The second-order valence-electron chi connectivity index (χ2n) is 7.17. The summed E-state index contributed by atoms with van der Waals surface area (Å²) >= 11 is 12.2. The lowest BCUT2D eigenvalue weighted by Crippen LogP contribution is -2.51. The Morgan fingerprint density at radius 1 is 1.11 bits per heavy atom. The van der Waals surface area contributed by atoms with Crippen LogP contribution < -0.4 is 5.73 Å². The Hall–Kier alpha value is -1.56. The van der Waals surface area contributed by atoms with Gasteiger partial charge in [0.1, 0.15) is 0 Å². The first-order chi connectivity index (χ1) is 13.2. The highest BCUT2D eigenvalue weighted by atomic mass is 35.5. The van der Waals surface area contributed by atoms with Gasteiger partial charge in [0.05, 0.1) is 10.0 Å². The lowest BCUT2D eigenvalue weighted by molar-refractivity contribution is -0.134. The van der Waals surface area contributed by atoms with E-state index in [2.05, 4.69) is 19.9 Å². The van der Waals surface area contributed by atoms with E-state index < -0.39 is 11.9 Å². The van der Waals surface area contributed by atoms with Crippen LogP contribution in [0.5, 0.6) is 0 Å². The van der Waals surface area contributed by atoms with Crippen LogP contribution in [0.4, 0.5) is 0 Å². The summed E-state index contributed by atoms with van der Waals surface area (Å²) in [7, 11) is 0. The molecule has 0 aliphatic heterocycles. The minimum Gasteiger partial charge on any atom is -0.478 e. The Morgan fingerprint density at radius 2 is 1.64 bits per heavy atom. The maximum absolute atomic E-state index is 9.55. The third-order valence-corrected chi connectivity index (χ3v) is 6.30. The fourth-order valence-electron chi connectivity index (χ4n) is 3.59. The summed E-state index contributed by atoms with van der Waals surface area (Å²) in [6.07, 6.45) is 8.25. The van der Waals surface area contributed by atoms with Crippen molar-refractivity contribution in [1.29, 1.82) is 0 Å². The average molecular weight is 430 g/mol. The summed E-state index contributed by atoms with van der Waals surface area (Å²) < 4.78 is 0. The zero-order chi connectivity index (χ0) is 21.3. The molecular weight excluding hydrogens is 401 g/mol. The minimum atomic E-state index is -1.26. The van der Waals surface area contributed by atoms with Crippen LogP contribution in [0.25, 0.3) is 0 Å². The molecule has 1 aliphatic carbocycles. The van der Waals surface area contributed by atoms with E-state index >= 15 is 0 Å². The molecule has 1 fully saturated rings. The lowest BCUT2D eigenvalue weighted by Gasteiger charge is -2.48. The van der Waals surface area contributed by atoms with Gasteiger partial charge in [-0.2, -0.15) is 0 Å². The Balaban J connectivity index is 0.000000416. The number of halogens is 2. The molecule has 1 aromatic carbocycles. The van der Waals surface area contributed by atoms with Gasteiger partial charge in [-0.15, -0.1) is 0 Å². The maximum Gasteiger partial charge on any atom is 0.328 e. The SMILES string of the molecule is CCC(CC)CC(N)C1(c2ccc(Cl)c(Cl)c2)CCC1.O=C(O)/C=C\C(=O)O. The lowest BCUT2D eigenvalue weighted by atomic mass is 9.59. The van der Waals surface area contributed by atoms with Crippen LogP contribution in [0.3, 0.4) is 0 Å². The topological polar surface area (TPSA) is 101 Å². The van der Waals surface area contributed by atoms with Crippen molar-refractivity contribution in [3.8, 4) is 0 Å². The van der Waals surface area contributed by atoms with Crippen molar-refractivity contribution in [3.63, 3.8) is 0 Å². The molecule has 0 aromatic heterocycles. The molecule has 156 valence electrons. The molecule has 0 saturated heterocycles. The van der Waals surface area contributed by atoms with Crippen LogP contribution in [-0.4, -0.2) is 28.2 Å². The Kier molecular flexibility index (Phi) is 10.0. The molecule has 1 aliphatic rings. The standard InChI is InChI=1S/C17H25Cl2N.C4H4O4/c1-3-12(4-2)10-16(20)17(8-5-9-17)13-6-7-14(18)15(19)11-13;5-3(6)1-2-4(7)8/h6-7,11-12,16H,3-5,8-10,20H2,1-2H3;1-2H,(H,5,6)(H,7,8)/b;2-1-. The van der Waals surface area contributed by atoms with Gasteiger partial charge < -0.3 is 15.9 Å². The number of aliphatic carboxylic acids is 2. The normalized spacial score (nSPS) is 16.2. The van der Waals surface area contributed by atoms with E-state index in [9.17, 15) is 9.59 Å². The fraction of sp³-hybridized carbons (Fsp3) is 0.524. The summed E-state index contributed by atoms with van der Waals surface area (Å²) in [5, 5.41) is 16.9. The number of rotatable bonds is 8. The van der Waals surface area contributed by atoms with Gasteiger partial charge in [0.2, 0.25) is 0 Å². The molecule has 1 saturated carbocycles. The second kappa shape index (κ2) is 11.4. The quantitative estimate of drug-likeness (QED) is 0.487. The van der Waals surface area contributed by atoms with E-state index in [1.54, 1.807) is 0 Å². The summed E-state index contributed by atoms with van der Waals surface area (Å²) in [5.74, 6) is -1.79. The monoisotopic (exact) mass is 429 g/mol. The molecular formula is C21H29Cl2NO4. The van der Waals surface area contributed by atoms with E-state index in [0.29, 0.717) is 22.2 Å². The van der Waals surface area contributed by atoms with Crippen LogP contribution in [-0.2, 0) is 15.0 Å². The summed E-state index contributed by atoms with van der Waals surface area (Å²) in [5.41, 5.74) is 8.01. The van der Waals surface area contributed by atoms with Crippen molar-refractivity contribution < 1.29 is 19.8 Å². The van der Waals surface area contributed by atoms with Gasteiger partial charge in [0.25, 0.3) is 0 Å².